The smallest absolute Gasteiger partial charge is 0.326 e. The van der Waals surface area contributed by atoms with Crippen LogP contribution in [0, 0.1) is 6.92 Å². The number of hydrogen-bond donors (Lipinski definition) is 1. The fraction of sp³-hybridized carbons (Fsp3) is 0.348. The zero-order valence-corrected chi connectivity index (χ0v) is 17.6. The highest BCUT2D eigenvalue weighted by Gasteiger charge is 2.49. The van der Waals surface area contributed by atoms with Gasteiger partial charge in [0.2, 0.25) is 5.91 Å². The standard InChI is InChI=1S/C23H24ClN3O3/c1-15-5-4-8-19(13-15)27-22(29)20(26(23(27)30)18-6-2-3-7-18)14-21(28)25-17-11-9-16(24)10-12-17/h4-5,8-13,18,20H,2-3,6-7,14H2,1H3,(H,25,28). The maximum absolute atomic E-state index is 13.3. The van der Waals surface area contributed by atoms with Gasteiger partial charge in [-0.25, -0.2) is 9.69 Å². The van der Waals surface area contributed by atoms with Gasteiger partial charge < -0.3 is 10.2 Å². The van der Waals surface area contributed by atoms with E-state index in [1.54, 1.807) is 35.2 Å². The fourth-order valence-electron chi connectivity index (χ4n) is 4.32. The molecule has 30 heavy (non-hydrogen) atoms. The van der Waals surface area contributed by atoms with Gasteiger partial charge in [-0.05, 0) is 61.7 Å². The highest BCUT2D eigenvalue weighted by molar-refractivity contribution is 6.30. The molecular weight excluding hydrogens is 402 g/mol. The minimum atomic E-state index is -0.798. The summed E-state index contributed by atoms with van der Waals surface area (Å²) in [6.07, 6.45) is 3.69. The van der Waals surface area contributed by atoms with Crippen molar-refractivity contribution in [2.75, 3.05) is 10.2 Å². The lowest BCUT2D eigenvalue weighted by Gasteiger charge is -2.27. The Morgan fingerprint density at radius 3 is 2.47 bits per heavy atom. The van der Waals surface area contributed by atoms with Crippen molar-refractivity contribution in [2.24, 2.45) is 0 Å². The quantitative estimate of drug-likeness (QED) is 0.702. The highest BCUT2D eigenvalue weighted by atomic mass is 35.5. The van der Waals surface area contributed by atoms with Gasteiger partial charge >= 0.3 is 6.03 Å². The van der Waals surface area contributed by atoms with E-state index >= 15 is 0 Å². The minimum absolute atomic E-state index is 0.00964. The molecule has 0 radical (unpaired) electrons. The number of aryl methyl sites for hydroxylation is 1. The second-order valence-electron chi connectivity index (χ2n) is 7.92. The van der Waals surface area contributed by atoms with Gasteiger partial charge in [0.05, 0.1) is 12.1 Å². The normalized spacial score (nSPS) is 19.6. The molecular formula is C23H24ClN3O3. The van der Waals surface area contributed by atoms with Gasteiger partial charge in [-0.3, -0.25) is 9.59 Å². The Morgan fingerprint density at radius 2 is 1.80 bits per heavy atom. The molecule has 0 bridgehead atoms. The molecule has 1 saturated heterocycles. The fourth-order valence-corrected chi connectivity index (χ4v) is 4.44. The van der Waals surface area contributed by atoms with Crippen LogP contribution in [0.25, 0.3) is 0 Å². The molecule has 7 heteroatoms. The van der Waals surface area contributed by atoms with Crippen molar-refractivity contribution in [3.8, 4) is 0 Å². The maximum atomic E-state index is 13.3. The number of benzene rings is 2. The topological polar surface area (TPSA) is 69.7 Å². The first kappa shape index (κ1) is 20.4. The van der Waals surface area contributed by atoms with Crippen molar-refractivity contribution in [3.05, 3.63) is 59.1 Å². The molecule has 1 N–H and O–H groups in total. The van der Waals surface area contributed by atoms with Crippen LogP contribution in [0.4, 0.5) is 16.2 Å². The SMILES string of the molecule is Cc1cccc(N2C(=O)C(CC(=O)Nc3ccc(Cl)cc3)N(C3CCCC3)C2=O)c1. The average Bonchev–Trinajstić information content (AvgIpc) is 3.31. The zero-order chi connectivity index (χ0) is 21.3. The average molecular weight is 426 g/mol. The van der Waals surface area contributed by atoms with E-state index in [9.17, 15) is 14.4 Å². The molecule has 1 aliphatic carbocycles. The van der Waals surface area contributed by atoms with Crippen molar-refractivity contribution in [3.63, 3.8) is 0 Å². The van der Waals surface area contributed by atoms with Crippen LogP contribution in [0.5, 0.6) is 0 Å². The number of anilines is 2. The first-order valence-electron chi connectivity index (χ1n) is 10.2. The molecule has 2 aliphatic rings. The van der Waals surface area contributed by atoms with Gasteiger partial charge in [-0.15, -0.1) is 0 Å². The summed E-state index contributed by atoms with van der Waals surface area (Å²) in [4.78, 5) is 42.2. The lowest BCUT2D eigenvalue weighted by molar-refractivity contribution is -0.124. The van der Waals surface area contributed by atoms with Gasteiger partial charge in [0.1, 0.15) is 6.04 Å². The van der Waals surface area contributed by atoms with E-state index in [0.29, 0.717) is 16.4 Å². The maximum Gasteiger partial charge on any atom is 0.332 e. The molecule has 6 nitrogen and oxygen atoms in total. The van der Waals surface area contributed by atoms with Crippen LogP contribution < -0.4 is 10.2 Å². The Kier molecular flexibility index (Phi) is 5.77. The Hall–Kier alpha value is -2.86. The van der Waals surface area contributed by atoms with E-state index in [4.69, 9.17) is 11.6 Å². The minimum Gasteiger partial charge on any atom is -0.326 e. The van der Waals surface area contributed by atoms with Crippen LogP contribution in [0.15, 0.2) is 48.5 Å². The third-order valence-electron chi connectivity index (χ3n) is 5.74. The number of imide groups is 1. The van der Waals surface area contributed by atoms with E-state index < -0.39 is 6.04 Å². The van der Waals surface area contributed by atoms with Crippen LogP contribution in [-0.2, 0) is 9.59 Å². The molecule has 1 atom stereocenters. The number of amides is 4. The van der Waals surface area contributed by atoms with Crippen LogP contribution in [0.1, 0.15) is 37.7 Å². The zero-order valence-electron chi connectivity index (χ0n) is 16.8. The molecule has 2 fully saturated rings. The van der Waals surface area contributed by atoms with Crippen LogP contribution in [0.3, 0.4) is 0 Å². The Morgan fingerprint density at radius 1 is 1.10 bits per heavy atom. The largest absolute Gasteiger partial charge is 0.332 e. The van der Waals surface area contributed by atoms with Gasteiger partial charge in [-0.1, -0.05) is 36.6 Å². The molecule has 0 spiro atoms. The predicted octanol–water partition coefficient (Wildman–Crippen LogP) is 4.76. The molecule has 1 saturated carbocycles. The monoisotopic (exact) mass is 425 g/mol. The summed E-state index contributed by atoms with van der Waals surface area (Å²) in [5.74, 6) is -0.652. The molecule has 156 valence electrons. The molecule has 4 amide bonds. The number of urea groups is 1. The van der Waals surface area contributed by atoms with Gasteiger partial charge in [0.15, 0.2) is 0 Å². The van der Waals surface area contributed by atoms with Crippen molar-refractivity contribution in [1.29, 1.82) is 0 Å². The molecule has 2 aromatic carbocycles. The third kappa shape index (κ3) is 4.05. The molecule has 0 aromatic heterocycles. The summed E-state index contributed by atoms with van der Waals surface area (Å²) < 4.78 is 0. The van der Waals surface area contributed by atoms with Crippen molar-refractivity contribution < 1.29 is 14.4 Å². The third-order valence-corrected chi connectivity index (χ3v) is 5.99. The summed E-state index contributed by atoms with van der Waals surface area (Å²) in [7, 11) is 0. The lowest BCUT2D eigenvalue weighted by atomic mass is 10.1. The van der Waals surface area contributed by atoms with Gasteiger partial charge in [0, 0.05) is 16.8 Å². The summed E-state index contributed by atoms with van der Waals surface area (Å²) in [5, 5.41) is 3.37. The summed E-state index contributed by atoms with van der Waals surface area (Å²) in [5.41, 5.74) is 2.11. The van der Waals surface area contributed by atoms with Crippen molar-refractivity contribution in [1.82, 2.24) is 4.90 Å². The summed E-state index contributed by atoms with van der Waals surface area (Å²) in [6.45, 7) is 1.92. The van der Waals surface area contributed by atoms with Crippen LogP contribution in [0.2, 0.25) is 5.02 Å². The van der Waals surface area contributed by atoms with Gasteiger partial charge in [0.25, 0.3) is 5.91 Å². The number of carbonyl (C=O) groups excluding carboxylic acids is 3. The Bertz CT molecular complexity index is 970. The van der Waals surface area contributed by atoms with E-state index in [2.05, 4.69) is 5.32 Å². The molecule has 2 aromatic rings. The number of nitrogens with zero attached hydrogens (tertiary/aromatic N) is 2. The lowest BCUT2D eigenvalue weighted by Crippen LogP contribution is -2.43. The highest BCUT2D eigenvalue weighted by Crippen LogP contribution is 2.34. The van der Waals surface area contributed by atoms with Crippen molar-refractivity contribution in [2.45, 2.75) is 51.1 Å². The van der Waals surface area contributed by atoms with Crippen LogP contribution in [-0.4, -0.2) is 34.8 Å². The van der Waals surface area contributed by atoms with Gasteiger partial charge in [-0.2, -0.15) is 0 Å². The van der Waals surface area contributed by atoms with Crippen LogP contribution >= 0.6 is 11.6 Å². The van der Waals surface area contributed by atoms with E-state index in [0.717, 1.165) is 31.2 Å². The van der Waals surface area contributed by atoms with E-state index in [-0.39, 0.29) is 30.3 Å². The first-order chi connectivity index (χ1) is 14.4. The number of rotatable bonds is 5. The number of carbonyl (C=O) groups is 3. The number of nitrogens with one attached hydrogen (secondary N) is 1. The molecule has 1 heterocycles. The molecule has 4 rings (SSSR count). The predicted molar refractivity (Wildman–Crippen MR) is 117 cm³/mol. The molecule has 1 unspecified atom stereocenters. The molecule has 1 aliphatic heterocycles. The van der Waals surface area contributed by atoms with E-state index in [1.165, 1.54) is 4.90 Å². The number of halogens is 1. The second kappa shape index (κ2) is 8.48. The van der Waals surface area contributed by atoms with E-state index in [1.807, 2.05) is 25.1 Å². The summed E-state index contributed by atoms with van der Waals surface area (Å²) in [6, 6.07) is 13.0. The Labute approximate surface area is 180 Å². The summed E-state index contributed by atoms with van der Waals surface area (Å²) >= 11 is 5.89. The van der Waals surface area contributed by atoms with Crippen molar-refractivity contribution >= 4 is 40.8 Å². The first-order valence-corrected chi connectivity index (χ1v) is 10.6. The Balaban J connectivity index is 1.58. The number of hydrogen-bond acceptors (Lipinski definition) is 3. The second-order valence-corrected chi connectivity index (χ2v) is 8.35.